The van der Waals surface area contributed by atoms with E-state index >= 15 is 0 Å². The van der Waals surface area contributed by atoms with Crippen molar-refractivity contribution in [2.24, 2.45) is 0 Å². The molecule has 2 N–H and O–H groups in total. The lowest BCUT2D eigenvalue weighted by Crippen LogP contribution is -2.23. The highest BCUT2D eigenvalue weighted by atomic mass is 19.3. The average molecular weight is 249 g/mol. The third-order valence-electron chi connectivity index (χ3n) is 2.50. The highest BCUT2D eigenvalue weighted by molar-refractivity contribution is 5.41. The van der Waals surface area contributed by atoms with E-state index < -0.39 is 12.5 Å². The summed E-state index contributed by atoms with van der Waals surface area (Å²) in [6, 6.07) is 14.0. The number of anilines is 1. The van der Waals surface area contributed by atoms with Gasteiger partial charge in [0.1, 0.15) is 5.75 Å². The number of hydrogen-bond donors (Lipinski definition) is 1. The van der Waals surface area contributed by atoms with Crippen LogP contribution in [-0.4, -0.2) is 6.61 Å². The summed E-state index contributed by atoms with van der Waals surface area (Å²) in [7, 11) is 0. The Balaban J connectivity index is 2.03. The second kappa shape index (κ2) is 5.04. The first kappa shape index (κ1) is 12.4. The molecule has 2 rings (SSSR count). The number of halogens is 2. The van der Waals surface area contributed by atoms with Crippen molar-refractivity contribution in [2.45, 2.75) is 5.92 Å². The zero-order chi connectivity index (χ0) is 13.0. The lowest BCUT2D eigenvalue weighted by Gasteiger charge is -2.17. The average Bonchev–Trinajstić information content (AvgIpc) is 2.39. The molecule has 0 aromatic heterocycles. The van der Waals surface area contributed by atoms with Crippen molar-refractivity contribution in [2.75, 3.05) is 12.3 Å². The van der Waals surface area contributed by atoms with Gasteiger partial charge in [0.25, 0.3) is 0 Å². The van der Waals surface area contributed by atoms with Gasteiger partial charge in [-0.05, 0) is 24.3 Å². The molecule has 4 heteroatoms. The van der Waals surface area contributed by atoms with Crippen LogP contribution in [0.25, 0.3) is 0 Å². The molecule has 0 unspecified atom stereocenters. The summed E-state index contributed by atoms with van der Waals surface area (Å²) in [4.78, 5) is 0. The Labute approximate surface area is 104 Å². The van der Waals surface area contributed by atoms with Crippen molar-refractivity contribution in [1.29, 1.82) is 0 Å². The summed E-state index contributed by atoms with van der Waals surface area (Å²) in [5, 5.41) is 0. The molecule has 0 saturated heterocycles. The number of nitrogen functional groups attached to an aromatic ring is 1. The smallest absolute Gasteiger partial charge is 0.306 e. The van der Waals surface area contributed by atoms with E-state index in [4.69, 9.17) is 10.5 Å². The Morgan fingerprint density at radius 3 is 2.17 bits per heavy atom. The highest BCUT2D eigenvalue weighted by Gasteiger charge is 2.32. The van der Waals surface area contributed by atoms with Crippen LogP contribution in [0.15, 0.2) is 54.6 Å². The van der Waals surface area contributed by atoms with E-state index in [1.165, 1.54) is 12.1 Å². The maximum Gasteiger partial charge on any atom is 0.306 e. The number of alkyl halides is 2. The molecule has 0 amide bonds. The van der Waals surface area contributed by atoms with E-state index in [0.29, 0.717) is 11.4 Å². The molecule has 2 aromatic rings. The lowest BCUT2D eigenvalue weighted by atomic mass is 10.1. The highest BCUT2D eigenvalue weighted by Crippen LogP contribution is 2.28. The van der Waals surface area contributed by atoms with Crippen LogP contribution in [0.3, 0.4) is 0 Å². The topological polar surface area (TPSA) is 35.2 Å². The second-order valence-electron chi connectivity index (χ2n) is 3.93. The first-order chi connectivity index (χ1) is 8.58. The summed E-state index contributed by atoms with van der Waals surface area (Å²) in [6.45, 7) is -0.694. The maximum atomic E-state index is 13.8. The van der Waals surface area contributed by atoms with Gasteiger partial charge >= 0.3 is 5.92 Å². The molecule has 94 valence electrons. The Morgan fingerprint density at radius 1 is 0.944 bits per heavy atom. The van der Waals surface area contributed by atoms with Crippen LogP contribution in [-0.2, 0) is 5.92 Å². The summed E-state index contributed by atoms with van der Waals surface area (Å²) in [5.41, 5.74) is 6.01. The molecule has 0 bridgehead atoms. The van der Waals surface area contributed by atoms with Gasteiger partial charge in [0.2, 0.25) is 0 Å². The van der Waals surface area contributed by atoms with Crippen molar-refractivity contribution in [1.82, 2.24) is 0 Å². The van der Waals surface area contributed by atoms with Crippen molar-refractivity contribution in [3.05, 3.63) is 60.2 Å². The third-order valence-corrected chi connectivity index (χ3v) is 2.50. The number of hydrogen-bond acceptors (Lipinski definition) is 2. The Hall–Kier alpha value is -2.10. The van der Waals surface area contributed by atoms with Gasteiger partial charge in [0.15, 0.2) is 6.61 Å². The number of nitrogens with two attached hydrogens (primary N) is 1. The van der Waals surface area contributed by atoms with Crippen LogP contribution in [0, 0.1) is 0 Å². The van der Waals surface area contributed by atoms with E-state index in [0.717, 1.165) is 0 Å². The SMILES string of the molecule is Nc1ccc(OCC(F)(F)c2ccccc2)cc1. The largest absolute Gasteiger partial charge is 0.487 e. The maximum absolute atomic E-state index is 13.8. The van der Waals surface area contributed by atoms with E-state index in [9.17, 15) is 8.78 Å². The number of benzene rings is 2. The van der Waals surface area contributed by atoms with Crippen molar-refractivity contribution in [3.8, 4) is 5.75 Å². The molecule has 0 aliphatic heterocycles. The fourth-order valence-electron chi connectivity index (χ4n) is 1.50. The first-order valence-electron chi connectivity index (χ1n) is 5.50. The molecule has 2 nitrogen and oxygen atoms in total. The van der Waals surface area contributed by atoms with Crippen molar-refractivity contribution < 1.29 is 13.5 Å². The fourth-order valence-corrected chi connectivity index (χ4v) is 1.50. The van der Waals surface area contributed by atoms with Gasteiger partial charge < -0.3 is 10.5 Å². The van der Waals surface area contributed by atoms with Gasteiger partial charge in [-0.2, -0.15) is 8.78 Å². The molecule has 0 aliphatic rings. The monoisotopic (exact) mass is 249 g/mol. The predicted molar refractivity (Wildman–Crippen MR) is 66.7 cm³/mol. The van der Waals surface area contributed by atoms with Crippen LogP contribution >= 0.6 is 0 Å². The molecule has 0 heterocycles. The molecular formula is C14H13F2NO. The zero-order valence-corrected chi connectivity index (χ0v) is 9.64. The minimum absolute atomic E-state index is 0.0551. The summed E-state index contributed by atoms with van der Waals surface area (Å²) < 4.78 is 32.6. The molecule has 2 aromatic carbocycles. The van der Waals surface area contributed by atoms with Crippen LogP contribution in [0.5, 0.6) is 5.75 Å². The molecule has 0 aliphatic carbocycles. The molecule has 0 fully saturated rings. The van der Waals surface area contributed by atoms with Crippen LogP contribution in [0.2, 0.25) is 0 Å². The fraction of sp³-hybridized carbons (Fsp3) is 0.143. The van der Waals surface area contributed by atoms with Crippen LogP contribution < -0.4 is 10.5 Å². The molecule has 0 atom stereocenters. The summed E-state index contributed by atoms with van der Waals surface area (Å²) in [6.07, 6.45) is 0. The van der Waals surface area contributed by atoms with E-state index in [2.05, 4.69) is 0 Å². The van der Waals surface area contributed by atoms with E-state index in [-0.39, 0.29) is 5.56 Å². The van der Waals surface area contributed by atoms with Gasteiger partial charge in [0.05, 0.1) is 0 Å². The Morgan fingerprint density at radius 2 is 1.56 bits per heavy atom. The molecule has 0 saturated carbocycles. The van der Waals surface area contributed by atoms with Gasteiger partial charge in [-0.15, -0.1) is 0 Å². The standard InChI is InChI=1S/C14H13F2NO/c15-14(16,11-4-2-1-3-5-11)10-18-13-8-6-12(17)7-9-13/h1-9H,10,17H2. The van der Waals surface area contributed by atoms with Gasteiger partial charge in [-0.1, -0.05) is 30.3 Å². The normalized spacial score (nSPS) is 11.2. The third kappa shape index (κ3) is 2.97. The quantitative estimate of drug-likeness (QED) is 0.842. The van der Waals surface area contributed by atoms with Crippen molar-refractivity contribution >= 4 is 5.69 Å². The first-order valence-corrected chi connectivity index (χ1v) is 5.50. The Kier molecular flexibility index (Phi) is 3.46. The van der Waals surface area contributed by atoms with E-state index in [1.807, 2.05) is 0 Å². The zero-order valence-electron chi connectivity index (χ0n) is 9.64. The van der Waals surface area contributed by atoms with Crippen LogP contribution in [0.1, 0.15) is 5.56 Å². The lowest BCUT2D eigenvalue weighted by molar-refractivity contribution is -0.0467. The predicted octanol–water partition coefficient (Wildman–Crippen LogP) is 3.44. The second-order valence-corrected chi connectivity index (χ2v) is 3.93. The van der Waals surface area contributed by atoms with E-state index in [1.54, 1.807) is 42.5 Å². The van der Waals surface area contributed by atoms with Gasteiger partial charge in [0, 0.05) is 11.3 Å². The summed E-state index contributed by atoms with van der Waals surface area (Å²) in [5.74, 6) is -2.64. The van der Waals surface area contributed by atoms with Gasteiger partial charge in [-0.3, -0.25) is 0 Å². The minimum atomic E-state index is -3.01. The molecule has 18 heavy (non-hydrogen) atoms. The summed E-state index contributed by atoms with van der Waals surface area (Å²) >= 11 is 0. The molecular weight excluding hydrogens is 236 g/mol. The number of rotatable bonds is 4. The van der Waals surface area contributed by atoms with Gasteiger partial charge in [-0.25, -0.2) is 0 Å². The molecule has 0 radical (unpaired) electrons. The Bertz CT molecular complexity index is 497. The number of ether oxygens (including phenoxy) is 1. The minimum Gasteiger partial charge on any atom is -0.487 e. The molecule has 0 spiro atoms. The van der Waals surface area contributed by atoms with Crippen molar-refractivity contribution in [3.63, 3.8) is 0 Å². The van der Waals surface area contributed by atoms with Crippen LogP contribution in [0.4, 0.5) is 14.5 Å².